The molecule has 1 aliphatic heterocycles. The number of piperidine rings is 1. The quantitative estimate of drug-likeness (QED) is 0.343. The molecule has 0 unspecified atom stereocenters. The van der Waals surface area contributed by atoms with Crippen LogP contribution in [0.5, 0.6) is 0 Å². The third-order valence-corrected chi connectivity index (χ3v) is 4.43. The van der Waals surface area contributed by atoms with Gasteiger partial charge in [-0.05, 0) is 18.0 Å². The van der Waals surface area contributed by atoms with Gasteiger partial charge in [0, 0.05) is 20.1 Å². The van der Waals surface area contributed by atoms with Gasteiger partial charge in [0.15, 0.2) is 0 Å². The normalized spacial score (nSPS) is 20.4. The molecule has 0 bridgehead atoms. The van der Waals surface area contributed by atoms with Gasteiger partial charge in [0.1, 0.15) is 0 Å². The van der Waals surface area contributed by atoms with Crippen LogP contribution in [0.15, 0.2) is 0 Å². The Hall–Kier alpha value is -0.520. The Morgan fingerprint density at radius 3 is 2.00 bits per heavy atom. The van der Waals surface area contributed by atoms with Crippen LogP contribution in [-0.2, 0) is 10.2 Å². The van der Waals surface area contributed by atoms with Gasteiger partial charge in [-0.25, -0.2) is 0 Å². The molecule has 1 heterocycles. The van der Waals surface area contributed by atoms with Gasteiger partial charge < -0.3 is 0 Å². The van der Waals surface area contributed by atoms with Crippen molar-refractivity contribution < 1.29 is 35.0 Å². The predicted molar refractivity (Wildman–Crippen MR) is 50.6 cm³/mol. The van der Waals surface area contributed by atoms with Gasteiger partial charge in [-0.2, -0.15) is 0 Å². The summed E-state index contributed by atoms with van der Waals surface area (Å²) in [5.74, 6) is 0. The molecule has 1 aliphatic rings. The average molecular weight is 298 g/mol. The van der Waals surface area contributed by atoms with Crippen LogP contribution in [-0.4, -0.2) is 48.5 Å². The molecule has 11 heteroatoms. The molecular formula is C7H13F5N3O2S+. The summed E-state index contributed by atoms with van der Waals surface area (Å²) in [6.07, 6.45) is -4.24. The van der Waals surface area contributed by atoms with E-state index in [-0.39, 0.29) is 24.4 Å². The molecule has 0 saturated carbocycles. The molecule has 0 aliphatic carbocycles. The number of hydrogen-bond donors (Lipinski definition) is 0. The molecule has 0 aromatic heterocycles. The Balaban J connectivity index is 3.09. The van der Waals surface area contributed by atoms with E-state index in [2.05, 4.69) is 0 Å². The van der Waals surface area contributed by atoms with Crippen molar-refractivity contribution in [3.63, 3.8) is 0 Å². The summed E-state index contributed by atoms with van der Waals surface area (Å²) in [5.41, 5.74) is 0. The predicted octanol–water partition coefficient (Wildman–Crippen LogP) is 1.67. The third-order valence-electron chi connectivity index (χ3n) is 2.62. The molecule has 1 rings (SSSR count). The number of rotatable bonds is 4. The Labute approximate surface area is 101 Å². The van der Waals surface area contributed by atoms with Gasteiger partial charge in [-0.3, -0.25) is 0 Å². The highest BCUT2D eigenvalue weighted by Gasteiger charge is 2.74. The second-order valence-corrected chi connectivity index (χ2v) is 5.76. The lowest BCUT2D eigenvalue weighted by atomic mass is 10.2. The minimum absolute atomic E-state index is 0.0257. The highest BCUT2D eigenvalue weighted by atomic mass is 32.2. The summed E-state index contributed by atoms with van der Waals surface area (Å²) >= 11 is 0. The molecule has 5 nitrogen and oxygen atoms in total. The van der Waals surface area contributed by atoms with Crippen molar-refractivity contribution in [1.82, 2.24) is 9.43 Å². The van der Waals surface area contributed by atoms with Crippen LogP contribution in [0.25, 0.3) is 0 Å². The van der Waals surface area contributed by atoms with Crippen molar-refractivity contribution >= 4 is 10.2 Å². The Morgan fingerprint density at radius 2 is 1.61 bits per heavy atom. The molecule has 0 radical (unpaired) electrons. The van der Waals surface area contributed by atoms with E-state index in [1.165, 1.54) is 0 Å². The Morgan fingerprint density at radius 1 is 1.17 bits per heavy atom. The van der Waals surface area contributed by atoms with Gasteiger partial charge in [0.25, 0.3) is 4.33 Å². The van der Waals surface area contributed by atoms with Crippen molar-refractivity contribution in [2.24, 2.45) is 0 Å². The van der Waals surface area contributed by atoms with Crippen molar-refractivity contribution in [3.8, 4) is 0 Å². The Kier molecular flexibility index (Phi) is 4.20. The van der Waals surface area contributed by atoms with E-state index >= 15 is 0 Å². The van der Waals surface area contributed by atoms with Gasteiger partial charge in [-0.1, -0.05) is 6.42 Å². The monoisotopic (exact) mass is 298 g/mol. The first-order valence-electron chi connectivity index (χ1n) is 5.11. The zero-order valence-electron chi connectivity index (χ0n) is 9.49. The van der Waals surface area contributed by atoms with Crippen LogP contribution in [0.3, 0.4) is 0 Å². The molecule has 0 atom stereocenters. The second-order valence-electron chi connectivity index (χ2n) is 3.89. The number of hydrogen-bond acceptors (Lipinski definition) is 3. The van der Waals surface area contributed by atoms with E-state index in [0.29, 0.717) is 19.3 Å². The van der Waals surface area contributed by atoms with Crippen LogP contribution in [0, 0.1) is 0 Å². The summed E-state index contributed by atoms with van der Waals surface area (Å²) in [5, 5.41) is -1.62. The van der Waals surface area contributed by atoms with Gasteiger partial charge >= 0.3 is 16.4 Å². The fourth-order valence-electron chi connectivity index (χ4n) is 1.54. The molecule has 1 saturated heterocycles. The van der Waals surface area contributed by atoms with Gasteiger partial charge in [-0.15, -0.1) is 26.0 Å². The number of nitrogens with zero attached hydrogens (tertiary/aromatic N) is 3. The van der Waals surface area contributed by atoms with Crippen molar-refractivity contribution in [2.45, 2.75) is 25.4 Å². The van der Waals surface area contributed by atoms with Crippen molar-refractivity contribution in [1.29, 1.82) is 0 Å². The fraction of sp³-hybridized carbons (Fsp3) is 1.00. The fourth-order valence-corrected chi connectivity index (χ4v) is 2.94. The van der Waals surface area contributed by atoms with E-state index in [1.807, 2.05) is 0 Å². The zero-order chi connectivity index (χ0) is 14.2. The van der Waals surface area contributed by atoms with Crippen LogP contribution in [0.4, 0.5) is 22.2 Å². The van der Waals surface area contributed by atoms with E-state index in [9.17, 15) is 30.6 Å². The first-order valence-corrected chi connectivity index (χ1v) is 6.51. The maximum atomic E-state index is 13.3. The molecule has 0 N–H and O–H groups in total. The first-order chi connectivity index (χ1) is 8.05. The SMILES string of the molecule is CN(F)C(F)(F)[N+](F)(F)S(=O)(=O)N1CCCCC1. The molecule has 0 amide bonds. The average Bonchev–Trinajstić information content (AvgIpc) is 2.29. The van der Waals surface area contributed by atoms with Gasteiger partial charge in [0.05, 0.1) is 8.96 Å². The molecule has 0 aromatic rings. The molecule has 0 aromatic carbocycles. The molecule has 18 heavy (non-hydrogen) atoms. The lowest BCUT2D eigenvalue weighted by Crippen LogP contribution is -2.62. The lowest BCUT2D eigenvalue weighted by molar-refractivity contribution is -1.15. The molecular weight excluding hydrogens is 285 g/mol. The third kappa shape index (κ3) is 2.31. The summed E-state index contributed by atoms with van der Waals surface area (Å²) < 4.78 is 83.2. The summed E-state index contributed by atoms with van der Waals surface area (Å²) in [7, 11) is -5.63. The van der Waals surface area contributed by atoms with E-state index in [4.69, 9.17) is 0 Å². The van der Waals surface area contributed by atoms with Gasteiger partial charge in [0.2, 0.25) is 0 Å². The second kappa shape index (κ2) is 4.87. The smallest absolute Gasteiger partial charge is 0.150 e. The van der Waals surface area contributed by atoms with Crippen LogP contribution >= 0.6 is 0 Å². The Bertz CT molecular complexity index is 394. The molecule has 108 valence electrons. The largest absolute Gasteiger partial charge is 0.580 e. The summed E-state index contributed by atoms with van der Waals surface area (Å²) in [6, 6.07) is 0. The molecule has 0 spiro atoms. The standard InChI is InChI=1S/C7H13F5N3O2S/c1-13(10)7(8,9)15(11,12)18(16,17)14-5-3-2-4-6-14/h2-6H2,1H3/q+1. The van der Waals surface area contributed by atoms with E-state index < -0.39 is 25.8 Å². The highest BCUT2D eigenvalue weighted by molar-refractivity contribution is 7.83. The first kappa shape index (κ1) is 15.5. The van der Waals surface area contributed by atoms with Crippen LogP contribution in [0.2, 0.25) is 0 Å². The lowest BCUT2D eigenvalue weighted by Gasteiger charge is -2.29. The zero-order valence-corrected chi connectivity index (χ0v) is 10.3. The van der Waals surface area contributed by atoms with Crippen molar-refractivity contribution in [2.75, 3.05) is 20.1 Å². The van der Waals surface area contributed by atoms with Crippen LogP contribution < -0.4 is 0 Å². The minimum Gasteiger partial charge on any atom is -0.150 e. The number of quaternary nitrogens is 1. The minimum atomic E-state index is -5.66. The van der Waals surface area contributed by atoms with E-state index in [0.717, 1.165) is 0 Å². The number of alkyl halides is 2. The molecule has 1 fully saturated rings. The summed E-state index contributed by atoms with van der Waals surface area (Å²) in [4.78, 5) is 0. The van der Waals surface area contributed by atoms with Crippen molar-refractivity contribution in [3.05, 3.63) is 0 Å². The topological polar surface area (TPSA) is 40.6 Å². The van der Waals surface area contributed by atoms with E-state index in [1.54, 1.807) is 0 Å². The maximum Gasteiger partial charge on any atom is 0.580 e. The number of halogens is 5. The van der Waals surface area contributed by atoms with Crippen LogP contribution in [0.1, 0.15) is 19.3 Å². The summed E-state index contributed by atoms with van der Waals surface area (Å²) in [6.45, 7) is -0.551. The maximum absolute atomic E-state index is 13.3. The highest BCUT2D eigenvalue weighted by Crippen LogP contribution is 2.39.